The Morgan fingerprint density at radius 2 is 1.86 bits per heavy atom. The van der Waals surface area contributed by atoms with Gasteiger partial charge in [-0.05, 0) is 47.1 Å². The Balaban J connectivity index is 1.87. The van der Waals surface area contributed by atoms with E-state index in [1.54, 1.807) is 5.57 Å². The zero-order valence-corrected chi connectivity index (χ0v) is 13.3. The van der Waals surface area contributed by atoms with Crippen LogP contribution >= 0.6 is 0 Å². The number of benzene rings is 1. The Kier molecular flexibility index (Phi) is 3.26. The lowest BCUT2D eigenvalue weighted by atomic mass is 9.66. The number of hydrogen-bond donors (Lipinski definition) is 0. The lowest BCUT2D eigenvalue weighted by Gasteiger charge is -2.37. The fourth-order valence-corrected chi connectivity index (χ4v) is 4.25. The molecule has 0 fully saturated rings. The second-order valence-electron chi connectivity index (χ2n) is 6.60. The van der Waals surface area contributed by atoms with E-state index in [0.29, 0.717) is 17.8 Å². The van der Waals surface area contributed by atoms with E-state index in [1.165, 1.54) is 22.3 Å². The molecule has 1 aromatic carbocycles. The van der Waals surface area contributed by atoms with Crippen molar-refractivity contribution in [3.05, 3.63) is 89.1 Å². The van der Waals surface area contributed by atoms with Gasteiger partial charge in [0.2, 0.25) is 0 Å². The molecule has 0 N–H and O–H groups in total. The molecule has 3 aliphatic carbocycles. The van der Waals surface area contributed by atoms with E-state index in [9.17, 15) is 0 Å². The zero-order valence-electron chi connectivity index (χ0n) is 13.3. The molecule has 0 spiro atoms. The maximum absolute atomic E-state index is 2.39. The lowest BCUT2D eigenvalue weighted by molar-refractivity contribution is 0.589. The van der Waals surface area contributed by atoms with Crippen LogP contribution < -0.4 is 0 Å². The summed E-state index contributed by atoms with van der Waals surface area (Å²) >= 11 is 0. The summed E-state index contributed by atoms with van der Waals surface area (Å²) in [5.41, 5.74) is 7.50. The topological polar surface area (TPSA) is 0 Å². The molecule has 3 unspecified atom stereocenters. The highest BCUT2D eigenvalue weighted by atomic mass is 14.4. The third-order valence-corrected chi connectivity index (χ3v) is 5.42. The Bertz CT molecular complexity index is 752. The Morgan fingerprint density at radius 1 is 1.00 bits per heavy atom. The molecule has 22 heavy (non-hydrogen) atoms. The van der Waals surface area contributed by atoms with Crippen LogP contribution in [0.25, 0.3) is 5.57 Å². The van der Waals surface area contributed by atoms with Crippen molar-refractivity contribution in [2.75, 3.05) is 0 Å². The Morgan fingerprint density at radius 3 is 2.68 bits per heavy atom. The fourth-order valence-electron chi connectivity index (χ4n) is 4.25. The number of hydrogen-bond acceptors (Lipinski definition) is 0. The van der Waals surface area contributed by atoms with Gasteiger partial charge >= 0.3 is 0 Å². The Labute approximate surface area is 133 Å². The first-order valence-electron chi connectivity index (χ1n) is 8.29. The van der Waals surface area contributed by atoms with Crippen LogP contribution in [0.2, 0.25) is 0 Å². The molecule has 0 heteroatoms. The minimum absolute atomic E-state index is 0.522. The van der Waals surface area contributed by atoms with Crippen LogP contribution in [0.3, 0.4) is 0 Å². The van der Waals surface area contributed by atoms with E-state index >= 15 is 0 Å². The highest BCUT2D eigenvalue weighted by molar-refractivity contribution is 5.78. The van der Waals surface area contributed by atoms with Crippen molar-refractivity contribution in [1.82, 2.24) is 0 Å². The first-order chi connectivity index (χ1) is 10.8. The van der Waals surface area contributed by atoms with Gasteiger partial charge in [0.25, 0.3) is 0 Å². The van der Waals surface area contributed by atoms with Crippen molar-refractivity contribution >= 4 is 5.57 Å². The summed E-state index contributed by atoms with van der Waals surface area (Å²) < 4.78 is 0. The molecule has 0 aliphatic heterocycles. The van der Waals surface area contributed by atoms with Crippen molar-refractivity contribution in [1.29, 1.82) is 0 Å². The van der Waals surface area contributed by atoms with Crippen LogP contribution in [0.1, 0.15) is 37.3 Å². The van der Waals surface area contributed by atoms with E-state index < -0.39 is 0 Å². The predicted molar refractivity (Wildman–Crippen MR) is 94.6 cm³/mol. The highest BCUT2D eigenvalue weighted by Gasteiger charge is 2.34. The maximum atomic E-state index is 2.39. The van der Waals surface area contributed by atoms with Crippen LogP contribution in [-0.2, 0) is 0 Å². The van der Waals surface area contributed by atoms with Crippen LogP contribution in [0.4, 0.5) is 0 Å². The van der Waals surface area contributed by atoms with Crippen molar-refractivity contribution in [2.24, 2.45) is 11.8 Å². The van der Waals surface area contributed by atoms with E-state index in [2.05, 4.69) is 80.6 Å². The van der Waals surface area contributed by atoms with Crippen molar-refractivity contribution in [2.45, 2.75) is 26.2 Å². The van der Waals surface area contributed by atoms with Gasteiger partial charge in [-0.2, -0.15) is 0 Å². The molecule has 110 valence electrons. The normalized spacial score (nSPS) is 29.2. The van der Waals surface area contributed by atoms with Gasteiger partial charge in [0.1, 0.15) is 0 Å². The van der Waals surface area contributed by atoms with E-state index in [1.807, 2.05) is 0 Å². The zero-order chi connectivity index (χ0) is 15.1. The molecule has 3 aliphatic rings. The molecule has 0 heterocycles. The van der Waals surface area contributed by atoms with Crippen molar-refractivity contribution < 1.29 is 0 Å². The third-order valence-electron chi connectivity index (χ3n) is 5.42. The molecule has 0 nitrogen and oxygen atoms in total. The Hall–Kier alpha value is -2.08. The van der Waals surface area contributed by atoms with E-state index in [0.717, 1.165) is 6.42 Å². The van der Waals surface area contributed by atoms with Crippen LogP contribution in [0.5, 0.6) is 0 Å². The monoisotopic (exact) mass is 286 g/mol. The van der Waals surface area contributed by atoms with Gasteiger partial charge in [0.15, 0.2) is 0 Å². The average molecular weight is 286 g/mol. The largest absolute Gasteiger partial charge is 0.0836 e. The smallest absolute Gasteiger partial charge is 0.00931 e. The van der Waals surface area contributed by atoms with Crippen molar-refractivity contribution in [3.8, 4) is 0 Å². The maximum Gasteiger partial charge on any atom is 0.00931 e. The summed E-state index contributed by atoms with van der Waals surface area (Å²) in [6.07, 6.45) is 17.1. The van der Waals surface area contributed by atoms with E-state index in [-0.39, 0.29) is 0 Å². The van der Waals surface area contributed by atoms with Gasteiger partial charge in [-0.25, -0.2) is 0 Å². The van der Waals surface area contributed by atoms with E-state index in [4.69, 9.17) is 0 Å². The van der Waals surface area contributed by atoms with Gasteiger partial charge in [-0.3, -0.25) is 0 Å². The standard InChI is InChI=1S/C22H22/c1-15-18-11-6-7-12-19(18)16(2)22-20(15)13-8-14-21(22)17-9-4-3-5-10-17/h3-9,11-15,17,20H,10H2,1-2H3. The molecular formula is C22H22. The van der Waals surface area contributed by atoms with Crippen LogP contribution in [0, 0.1) is 11.8 Å². The minimum atomic E-state index is 0.522. The van der Waals surface area contributed by atoms with Gasteiger partial charge in [0, 0.05) is 11.8 Å². The van der Waals surface area contributed by atoms with Gasteiger partial charge < -0.3 is 0 Å². The number of allylic oxidation sites excluding steroid dienone is 10. The fraction of sp³-hybridized carbons (Fsp3) is 0.273. The summed E-state index contributed by atoms with van der Waals surface area (Å²) in [7, 11) is 0. The first-order valence-corrected chi connectivity index (χ1v) is 8.29. The molecule has 0 saturated heterocycles. The van der Waals surface area contributed by atoms with Gasteiger partial charge in [-0.15, -0.1) is 0 Å². The summed E-state index contributed by atoms with van der Waals surface area (Å²) in [6, 6.07) is 8.93. The van der Waals surface area contributed by atoms with Crippen LogP contribution in [-0.4, -0.2) is 0 Å². The summed E-state index contributed by atoms with van der Waals surface area (Å²) in [5, 5.41) is 0. The second kappa shape index (κ2) is 5.28. The molecule has 1 aromatic rings. The average Bonchev–Trinajstić information content (AvgIpc) is 2.60. The first kappa shape index (κ1) is 13.6. The summed E-state index contributed by atoms with van der Waals surface area (Å²) in [4.78, 5) is 0. The molecule has 0 saturated carbocycles. The minimum Gasteiger partial charge on any atom is -0.0836 e. The van der Waals surface area contributed by atoms with Crippen molar-refractivity contribution in [3.63, 3.8) is 0 Å². The molecule has 0 aromatic heterocycles. The second-order valence-corrected chi connectivity index (χ2v) is 6.60. The van der Waals surface area contributed by atoms with Gasteiger partial charge in [-0.1, -0.05) is 73.7 Å². The third kappa shape index (κ3) is 1.98. The number of rotatable bonds is 1. The highest BCUT2D eigenvalue weighted by Crippen LogP contribution is 2.49. The molecule has 0 bridgehead atoms. The summed E-state index contributed by atoms with van der Waals surface area (Å²) in [5.74, 6) is 1.60. The predicted octanol–water partition coefficient (Wildman–Crippen LogP) is 5.82. The van der Waals surface area contributed by atoms with Crippen LogP contribution in [0.15, 0.2) is 77.9 Å². The molecule has 0 radical (unpaired) electrons. The molecule has 0 amide bonds. The quantitative estimate of drug-likeness (QED) is 0.610. The molecular weight excluding hydrogens is 264 g/mol. The molecule has 4 rings (SSSR count). The lowest BCUT2D eigenvalue weighted by Crippen LogP contribution is -2.23. The number of fused-ring (bicyclic) bond motifs is 2. The summed E-state index contributed by atoms with van der Waals surface area (Å²) in [6.45, 7) is 4.68. The SMILES string of the molecule is CC1=C2C(C3C=CC=CC3)=CC=CC2C(C)c2ccccc21. The molecule has 3 atom stereocenters. The van der Waals surface area contributed by atoms with Gasteiger partial charge in [0.05, 0.1) is 0 Å².